The van der Waals surface area contributed by atoms with Crippen molar-refractivity contribution in [3.05, 3.63) is 12.2 Å². The Morgan fingerprint density at radius 3 is 2.29 bits per heavy atom. The smallest absolute Gasteiger partial charge is 0.317 e. The Hall–Kier alpha value is -1.52. The summed E-state index contributed by atoms with van der Waals surface area (Å²) in [6.07, 6.45) is 1.59. The molecule has 0 aliphatic carbocycles. The number of hydrogen-bond acceptors (Lipinski definition) is 2. The highest BCUT2D eigenvalue weighted by molar-refractivity contribution is 5.74. The van der Waals surface area contributed by atoms with Gasteiger partial charge in [-0.05, 0) is 31.1 Å². The second-order valence-corrected chi connectivity index (χ2v) is 6.83. The standard InChI is InChI=1S/C16H30N2O3/c1-12(2)11-18(6)15(21)17-10-9-13(16(3,4)5)7-8-14(19)20/h13H,1,7-11H2,2-6H3,(H,17,21)(H,19,20). The molecule has 5 heteroatoms. The van der Waals surface area contributed by atoms with Crippen LogP contribution in [0.4, 0.5) is 4.79 Å². The summed E-state index contributed by atoms with van der Waals surface area (Å²) in [7, 11) is 1.73. The Labute approximate surface area is 128 Å². The predicted octanol–water partition coefficient (Wildman–Crippen LogP) is 3.12. The zero-order valence-electron chi connectivity index (χ0n) is 14.0. The molecule has 0 saturated heterocycles. The molecule has 0 spiro atoms. The van der Waals surface area contributed by atoms with E-state index >= 15 is 0 Å². The minimum Gasteiger partial charge on any atom is -0.481 e. The van der Waals surface area contributed by atoms with Crippen molar-refractivity contribution in [1.29, 1.82) is 0 Å². The van der Waals surface area contributed by atoms with Crippen LogP contribution < -0.4 is 5.32 Å². The maximum atomic E-state index is 11.9. The fourth-order valence-electron chi connectivity index (χ4n) is 2.27. The number of carboxylic acid groups (broad SMARTS) is 1. The molecule has 2 N–H and O–H groups in total. The van der Waals surface area contributed by atoms with E-state index in [1.54, 1.807) is 11.9 Å². The van der Waals surface area contributed by atoms with Crippen LogP contribution >= 0.6 is 0 Å². The number of carbonyl (C=O) groups excluding carboxylic acids is 1. The third-order valence-electron chi connectivity index (χ3n) is 3.55. The average molecular weight is 298 g/mol. The summed E-state index contributed by atoms with van der Waals surface area (Å²) >= 11 is 0. The molecule has 0 aromatic rings. The molecule has 2 amide bonds. The van der Waals surface area contributed by atoms with Crippen LogP contribution in [0.3, 0.4) is 0 Å². The largest absolute Gasteiger partial charge is 0.481 e. The van der Waals surface area contributed by atoms with E-state index < -0.39 is 5.97 Å². The molecule has 0 fully saturated rings. The minimum absolute atomic E-state index is 0.0315. The van der Waals surface area contributed by atoms with Gasteiger partial charge in [0.15, 0.2) is 0 Å². The topological polar surface area (TPSA) is 69.6 Å². The number of carbonyl (C=O) groups is 2. The number of urea groups is 1. The fraction of sp³-hybridized carbons (Fsp3) is 0.750. The van der Waals surface area contributed by atoms with Crippen molar-refractivity contribution in [2.45, 2.75) is 47.0 Å². The lowest BCUT2D eigenvalue weighted by Gasteiger charge is -2.31. The second-order valence-electron chi connectivity index (χ2n) is 6.83. The zero-order chi connectivity index (χ0) is 16.6. The lowest BCUT2D eigenvalue weighted by Crippen LogP contribution is -2.39. The van der Waals surface area contributed by atoms with Gasteiger partial charge in [0, 0.05) is 26.6 Å². The van der Waals surface area contributed by atoms with Crippen LogP contribution in [0.25, 0.3) is 0 Å². The Morgan fingerprint density at radius 2 is 1.86 bits per heavy atom. The van der Waals surface area contributed by atoms with Crippen molar-refractivity contribution in [1.82, 2.24) is 10.2 Å². The van der Waals surface area contributed by atoms with Crippen LogP contribution in [0.5, 0.6) is 0 Å². The van der Waals surface area contributed by atoms with E-state index in [0.717, 1.165) is 12.0 Å². The van der Waals surface area contributed by atoms with Crippen molar-refractivity contribution in [2.24, 2.45) is 11.3 Å². The van der Waals surface area contributed by atoms with E-state index in [1.165, 1.54) is 0 Å². The van der Waals surface area contributed by atoms with E-state index in [9.17, 15) is 9.59 Å². The van der Waals surface area contributed by atoms with Gasteiger partial charge in [-0.3, -0.25) is 4.79 Å². The summed E-state index contributed by atoms with van der Waals surface area (Å²) in [5.74, 6) is -0.505. The summed E-state index contributed by atoms with van der Waals surface area (Å²) in [4.78, 5) is 24.2. The molecule has 0 heterocycles. The molecule has 21 heavy (non-hydrogen) atoms. The maximum Gasteiger partial charge on any atom is 0.317 e. The molecule has 0 aliphatic heterocycles. The van der Waals surface area contributed by atoms with Gasteiger partial charge in [-0.25, -0.2) is 4.79 Å². The number of carboxylic acids is 1. The quantitative estimate of drug-likeness (QED) is 0.676. The Bertz CT molecular complexity index is 372. The molecular formula is C16H30N2O3. The number of likely N-dealkylation sites (N-methyl/N-ethyl adjacent to an activating group) is 1. The third kappa shape index (κ3) is 9.10. The zero-order valence-corrected chi connectivity index (χ0v) is 14.0. The summed E-state index contributed by atoms with van der Waals surface area (Å²) in [6, 6.07) is -0.121. The Morgan fingerprint density at radius 1 is 1.29 bits per heavy atom. The molecule has 0 aliphatic rings. The highest BCUT2D eigenvalue weighted by Gasteiger charge is 2.25. The van der Waals surface area contributed by atoms with E-state index in [2.05, 4.69) is 32.7 Å². The molecule has 0 aromatic carbocycles. The van der Waals surface area contributed by atoms with Crippen LogP contribution in [0.2, 0.25) is 0 Å². The molecule has 1 atom stereocenters. The maximum absolute atomic E-state index is 11.9. The van der Waals surface area contributed by atoms with Gasteiger partial charge in [0.25, 0.3) is 0 Å². The molecule has 0 radical (unpaired) electrons. The second kappa shape index (κ2) is 8.70. The fourth-order valence-corrected chi connectivity index (χ4v) is 2.27. The van der Waals surface area contributed by atoms with Crippen molar-refractivity contribution < 1.29 is 14.7 Å². The monoisotopic (exact) mass is 298 g/mol. The van der Waals surface area contributed by atoms with Gasteiger partial charge in [0.2, 0.25) is 0 Å². The van der Waals surface area contributed by atoms with Gasteiger partial charge in [-0.1, -0.05) is 32.9 Å². The molecule has 0 saturated carbocycles. The molecule has 0 bridgehead atoms. The number of amides is 2. The molecule has 5 nitrogen and oxygen atoms in total. The van der Waals surface area contributed by atoms with Crippen molar-refractivity contribution in [2.75, 3.05) is 20.1 Å². The predicted molar refractivity (Wildman–Crippen MR) is 85.3 cm³/mol. The van der Waals surface area contributed by atoms with E-state index in [1.807, 2.05) is 6.92 Å². The lowest BCUT2D eigenvalue weighted by atomic mass is 9.76. The lowest BCUT2D eigenvalue weighted by molar-refractivity contribution is -0.137. The van der Waals surface area contributed by atoms with Gasteiger partial charge in [0.1, 0.15) is 0 Å². The first-order chi connectivity index (χ1) is 9.54. The van der Waals surface area contributed by atoms with Gasteiger partial charge in [-0.15, -0.1) is 0 Å². The van der Waals surface area contributed by atoms with Crippen LogP contribution in [-0.4, -0.2) is 42.1 Å². The van der Waals surface area contributed by atoms with Crippen LogP contribution in [0, 0.1) is 11.3 Å². The third-order valence-corrected chi connectivity index (χ3v) is 3.55. The minimum atomic E-state index is -0.769. The SMILES string of the molecule is C=C(C)CN(C)C(=O)NCCC(CCC(=O)O)C(C)(C)C. The van der Waals surface area contributed by atoms with Gasteiger partial charge in [0.05, 0.1) is 0 Å². The first-order valence-electron chi connectivity index (χ1n) is 7.39. The number of nitrogens with one attached hydrogen (secondary N) is 1. The van der Waals surface area contributed by atoms with Crippen molar-refractivity contribution in [3.8, 4) is 0 Å². The van der Waals surface area contributed by atoms with E-state index in [-0.39, 0.29) is 23.8 Å². The van der Waals surface area contributed by atoms with Crippen LogP contribution in [0.1, 0.15) is 47.0 Å². The summed E-state index contributed by atoms with van der Waals surface area (Å²) in [6.45, 7) is 13.1. The first-order valence-corrected chi connectivity index (χ1v) is 7.39. The van der Waals surface area contributed by atoms with Crippen molar-refractivity contribution in [3.63, 3.8) is 0 Å². The molecular weight excluding hydrogens is 268 g/mol. The highest BCUT2D eigenvalue weighted by atomic mass is 16.4. The number of rotatable bonds is 8. The molecule has 122 valence electrons. The molecule has 1 unspecified atom stereocenters. The number of hydrogen-bond donors (Lipinski definition) is 2. The summed E-state index contributed by atoms with van der Waals surface area (Å²) in [5.41, 5.74) is 0.964. The van der Waals surface area contributed by atoms with Crippen LogP contribution in [0.15, 0.2) is 12.2 Å². The normalized spacial score (nSPS) is 12.6. The van der Waals surface area contributed by atoms with Gasteiger partial charge >= 0.3 is 12.0 Å². The van der Waals surface area contributed by atoms with Gasteiger partial charge in [-0.2, -0.15) is 0 Å². The summed E-state index contributed by atoms with van der Waals surface area (Å²) < 4.78 is 0. The highest BCUT2D eigenvalue weighted by Crippen LogP contribution is 2.32. The van der Waals surface area contributed by atoms with Crippen LogP contribution in [-0.2, 0) is 4.79 Å². The number of aliphatic carboxylic acids is 1. The Kier molecular flexibility index (Phi) is 8.07. The first kappa shape index (κ1) is 19.5. The van der Waals surface area contributed by atoms with E-state index in [4.69, 9.17) is 5.11 Å². The Balaban J connectivity index is 4.27. The van der Waals surface area contributed by atoms with Gasteiger partial charge < -0.3 is 15.3 Å². The van der Waals surface area contributed by atoms with Crippen molar-refractivity contribution >= 4 is 12.0 Å². The average Bonchev–Trinajstić information content (AvgIpc) is 2.30. The summed E-state index contributed by atoms with van der Waals surface area (Å²) in [5, 5.41) is 11.7. The molecule has 0 aromatic heterocycles. The number of nitrogens with zero attached hydrogens (tertiary/aromatic N) is 1. The molecule has 0 rings (SSSR count). The van der Waals surface area contributed by atoms with E-state index in [0.29, 0.717) is 19.5 Å².